The maximum Gasteiger partial charge on any atom is 0.0339 e. The lowest BCUT2D eigenvalue weighted by molar-refractivity contribution is 0.965. The van der Waals surface area contributed by atoms with Crippen LogP contribution < -0.4 is 0 Å². The summed E-state index contributed by atoms with van der Waals surface area (Å²) in [6.07, 6.45) is 3.01. The highest BCUT2D eigenvalue weighted by molar-refractivity contribution is 7.80. The molecule has 0 bridgehead atoms. The van der Waals surface area contributed by atoms with Crippen LogP contribution >= 0.6 is 37.9 Å². The zero-order chi connectivity index (χ0) is 19.8. The second-order valence-corrected chi connectivity index (χ2v) is 8.42. The van der Waals surface area contributed by atoms with Crippen molar-refractivity contribution in [3.05, 3.63) is 106 Å². The number of hydrogen-bond acceptors (Lipinski definition) is 3. The molecule has 3 aromatic carbocycles. The molecule has 0 aliphatic rings. The minimum absolute atomic E-state index is 0.236. The van der Waals surface area contributed by atoms with E-state index in [2.05, 4.69) is 111 Å². The summed E-state index contributed by atoms with van der Waals surface area (Å²) in [4.78, 5) is 0. The molecule has 3 heteroatoms. The molecular formula is C25H28S3. The van der Waals surface area contributed by atoms with E-state index in [1.54, 1.807) is 0 Å². The maximum atomic E-state index is 4.36. The molecule has 0 unspecified atom stereocenters. The smallest absolute Gasteiger partial charge is 0.0339 e. The number of rotatable bonds is 9. The van der Waals surface area contributed by atoms with Crippen molar-refractivity contribution >= 4 is 37.9 Å². The molecule has 0 atom stereocenters. The van der Waals surface area contributed by atoms with Crippen LogP contribution in [0.3, 0.4) is 0 Å². The van der Waals surface area contributed by atoms with Crippen molar-refractivity contribution < 1.29 is 0 Å². The molecule has 3 aromatic rings. The Morgan fingerprint density at radius 2 is 0.679 bits per heavy atom. The first kappa shape index (κ1) is 21.4. The van der Waals surface area contributed by atoms with Gasteiger partial charge in [0, 0.05) is 5.92 Å². The molecule has 0 saturated carbocycles. The van der Waals surface area contributed by atoms with E-state index < -0.39 is 0 Å². The van der Waals surface area contributed by atoms with Crippen LogP contribution in [0.4, 0.5) is 0 Å². The van der Waals surface area contributed by atoms with E-state index in [0.717, 1.165) is 36.5 Å². The SMILES string of the molecule is SCCc1ccc(C(c2ccc(CCS)cc2)c2ccc(CCS)cc2)cc1. The number of benzene rings is 3. The fraction of sp³-hybridized carbons (Fsp3) is 0.280. The lowest BCUT2D eigenvalue weighted by Crippen LogP contribution is -2.04. The van der Waals surface area contributed by atoms with E-state index in [-0.39, 0.29) is 5.92 Å². The van der Waals surface area contributed by atoms with Gasteiger partial charge in [0.2, 0.25) is 0 Å². The monoisotopic (exact) mass is 424 g/mol. The van der Waals surface area contributed by atoms with Crippen molar-refractivity contribution in [2.75, 3.05) is 17.3 Å². The topological polar surface area (TPSA) is 0 Å². The van der Waals surface area contributed by atoms with E-state index in [1.165, 1.54) is 33.4 Å². The van der Waals surface area contributed by atoms with Crippen LogP contribution in [-0.2, 0) is 19.3 Å². The zero-order valence-corrected chi connectivity index (χ0v) is 18.8. The quantitative estimate of drug-likeness (QED) is 0.261. The maximum absolute atomic E-state index is 4.36. The minimum Gasteiger partial charge on any atom is -0.179 e. The van der Waals surface area contributed by atoms with Gasteiger partial charge in [0.25, 0.3) is 0 Å². The van der Waals surface area contributed by atoms with E-state index >= 15 is 0 Å². The third kappa shape index (κ3) is 5.62. The third-order valence-corrected chi connectivity index (χ3v) is 5.81. The average molecular weight is 425 g/mol. The van der Waals surface area contributed by atoms with Gasteiger partial charge in [-0.3, -0.25) is 0 Å². The van der Waals surface area contributed by atoms with Gasteiger partial charge < -0.3 is 0 Å². The molecule has 0 aliphatic carbocycles. The van der Waals surface area contributed by atoms with E-state index in [0.29, 0.717) is 0 Å². The summed E-state index contributed by atoms with van der Waals surface area (Å²) in [5, 5.41) is 0. The molecule has 0 heterocycles. The summed E-state index contributed by atoms with van der Waals surface area (Å²) in [7, 11) is 0. The second kappa shape index (κ2) is 11.0. The van der Waals surface area contributed by atoms with Gasteiger partial charge in [0.1, 0.15) is 0 Å². The molecule has 28 heavy (non-hydrogen) atoms. The van der Waals surface area contributed by atoms with Gasteiger partial charge in [-0.1, -0.05) is 72.8 Å². The third-order valence-electron chi connectivity index (χ3n) is 5.14. The Balaban J connectivity index is 1.97. The van der Waals surface area contributed by atoms with Gasteiger partial charge in [-0.05, 0) is 69.9 Å². The number of hydrogen-bond donors (Lipinski definition) is 3. The van der Waals surface area contributed by atoms with Crippen molar-refractivity contribution in [1.82, 2.24) is 0 Å². The highest BCUT2D eigenvalue weighted by Crippen LogP contribution is 2.32. The number of aryl methyl sites for hydroxylation is 3. The van der Waals surface area contributed by atoms with Gasteiger partial charge >= 0.3 is 0 Å². The summed E-state index contributed by atoms with van der Waals surface area (Å²) in [5.41, 5.74) is 7.99. The van der Waals surface area contributed by atoms with Crippen LogP contribution in [-0.4, -0.2) is 17.3 Å². The predicted molar refractivity (Wildman–Crippen MR) is 133 cm³/mol. The minimum atomic E-state index is 0.236. The molecule has 0 radical (unpaired) electrons. The highest BCUT2D eigenvalue weighted by atomic mass is 32.1. The van der Waals surface area contributed by atoms with Crippen LogP contribution in [0, 0.1) is 0 Å². The van der Waals surface area contributed by atoms with Crippen LogP contribution in [0.2, 0.25) is 0 Å². The van der Waals surface area contributed by atoms with Crippen molar-refractivity contribution in [3.8, 4) is 0 Å². The normalized spacial score (nSPS) is 11.1. The molecule has 146 valence electrons. The van der Waals surface area contributed by atoms with Crippen molar-refractivity contribution in [3.63, 3.8) is 0 Å². The Morgan fingerprint density at radius 1 is 0.429 bits per heavy atom. The molecule has 0 aromatic heterocycles. The van der Waals surface area contributed by atoms with Crippen molar-refractivity contribution in [1.29, 1.82) is 0 Å². The van der Waals surface area contributed by atoms with Gasteiger partial charge in [-0.2, -0.15) is 37.9 Å². The van der Waals surface area contributed by atoms with Crippen LogP contribution in [0.1, 0.15) is 39.3 Å². The Hall–Kier alpha value is -1.29. The highest BCUT2D eigenvalue weighted by Gasteiger charge is 2.17. The molecular weight excluding hydrogens is 396 g/mol. The lowest BCUT2D eigenvalue weighted by atomic mass is 9.84. The van der Waals surface area contributed by atoms with Crippen LogP contribution in [0.25, 0.3) is 0 Å². The molecule has 0 amide bonds. The average Bonchev–Trinajstić information content (AvgIpc) is 2.73. The first-order valence-corrected chi connectivity index (χ1v) is 11.7. The van der Waals surface area contributed by atoms with Crippen LogP contribution in [0.5, 0.6) is 0 Å². The Bertz CT molecular complexity index is 719. The van der Waals surface area contributed by atoms with Gasteiger partial charge in [0.05, 0.1) is 0 Å². The van der Waals surface area contributed by atoms with Crippen LogP contribution in [0.15, 0.2) is 72.8 Å². The second-order valence-electron chi connectivity index (χ2n) is 7.08. The van der Waals surface area contributed by atoms with E-state index in [9.17, 15) is 0 Å². The molecule has 0 N–H and O–H groups in total. The van der Waals surface area contributed by atoms with Crippen molar-refractivity contribution in [2.45, 2.75) is 25.2 Å². The Labute approximate surface area is 186 Å². The first-order valence-electron chi connectivity index (χ1n) is 9.84. The number of thiol groups is 3. The zero-order valence-electron chi connectivity index (χ0n) is 16.1. The Morgan fingerprint density at radius 3 is 0.893 bits per heavy atom. The largest absolute Gasteiger partial charge is 0.179 e. The summed E-state index contributed by atoms with van der Waals surface area (Å²) in [5.74, 6) is 2.87. The molecule has 3 rings (SSSR count). The van der Waals surface area contributed by atoms with Gasteiger partial charge in [0.15, 0.2) is 0 Å². The van der Waals surface area contributed by atoms with E-state index in [4.69, 9.17) is 0 Å². The molecule has 0 aliphatic heterocycles. The fourth-order valence-electron chi connectivity index (χ4n) is 3.59. The van der Waals surface area contributed by atoms with E-state index in [1.807, 2.05) is 0 Å². The Kier molecular flexibility index (Phi) is 8.44. The molecule has 0 nitrogen and oxygen atoms in total. The summed E-state index contributed by atoms with van der Waals surface area (Å²) < 4.78 is 0. The van der Waals surface area contributed by atoms with Gasteiger partial charge in [-0.15, -0.1) is 0 Å². The summed E-state index contributed by atoms with van der Waals surface area (Å²) in [6, 6.07) is 27.1. The summed E-state index contributed by atoms with van der Waals surface area (Å²) >= 11 is 13.1. The van der Waals surface area contributed by atoms with Gasteiger partial charge in [-0.25, -0.2) is 0 Å². The molecule has 0 spiro atoms. The van der Waals surface area contributed by atoms with Crippen molar-refractivity contribution in [2.24, 2.45) is 0 Å². The standard InChI is InChI=1S/C25H28S3/c26-16-13-19-1-7-22(8-2-19)25(23-9-3-20(4-10-23)14-17-27)24-11-5-21(6-12-24)15-18-28/h1-12,25-28H,13-18H2. The fourth-order valence-corrected chi connectivity index (χ4v) is 4.37. The predicted octanol–water partition coefficient (Wildman–Crippen LogP) is 6.28. The molecule has 0 fully saturated rings. The summed E-state index contributed by atoms with van der Waals surface area (Å²) in [6.45, 7) is 0. The lowest BCUT2D eigenvalue weighted by Gasteiger charge is -2.20. The molecule has 0 saturated heterocycles. The first-order chi connectivity index (χ1) is 13.7.